The normalized spacial score (nSPS) is 16.0. The quantitative estimate of drug-likeness (QED) is 0.865. The van der Waals surface area contributed by atoms with Crippen molar-refractivity contribution in [2.45, 2.75) is 33.7 Å². The molecule has 21 heavy (non-hydrogen) atoms. The number of amides is 2. The number of hydrogen-bond donors (Lipinski definition) is 1. The fraction of sp³-hybridized carbons (Fsp3) is 0.412. The summed E-state index contributed by atoms with van der Waals surface area (Å²) in [5.74, 6) is 0.0597. The minimum Gasteiger partial charge on any atom is -0.352 e. The van der Waals surface area contributed by atoms with E-state index in [0.717, 1.165) is 11.3 Å². The van der Waals surface area contributed by atoms with Gasteiger partial charge < -0.3 is 10.2 Å². The van der Waals surface area contributed by atoms with E-state index in [-0.39, 0.29) is 17.9 Å². The van der Waals surface area contributed by atoms with Gasteiger partial charge in [-0.05, 0) is 25.8 Å². The van der Waals surface area contributed by atoms with Crippen LogP contribution in [0.2, 0.25) is 0 Å². The lowest BCUT2D eigenvalue weighted by atomic mass is 10.1. The Kier molecular flexibility index (Phi) is 4.46. The molecule has 2 rings (SSSR count). The Morgan fingerprint density at radius 1 is 1.24 bits per heavy atom. The van der Waals surface area contributed by atoms with E-state index in [1.165, 1.54) is 6.08 Å². The van der Waals surface area contributed by atoms with Crippen molar-refractivity contribution in [3.63, 3.8) is 0 Å². The first-order chi connectivity index (χ1) is 9.91. The summed E-state index contributed by atoms with van der Waals surface area (Å²) in [6.07, 6.45) is 1.42. The summed E-state index contributed by atoms with van der Waals surface area (Å²) in [5, 5.41) is 2.82. The average molecular weight is 286 g/mol. The number of benzene rings is 1. The largest absolute Gasteiger partial charge is 0.352 e. The highest BCUT2D eigenvalue weighted by atomic mass is 16.2. The van der Waals surface area contributed by atoms with E-state index in [4.69, 9.17) is 0 Å². The van der Waals surface area contributed by atoms with Crippen molar-refractivity contribution >= 4 is 23.1 Å². The van der Waals surface area contributed by atoms with E-state index < -0.39 is 0 Å². The number of anilines is 1. The van der Waals surface area contributed by atoms with Gasteiger partial charge in [0.2, 0.25) is 5.91 Å². The van der Waals surface area contributed by atoms with Gasteiger partial charge in [0.05, 0.1) is 11.3 Å². The predicted octanol–water partition coefficient (Wildman–Crippen LogP) is 2.60. The highest BCUT2D eigenvalue weighted by molar-refractivity contribution is 6.35. The van der Waals surface area contributed by atoms with Gasteiger partial charge in [0.15, 0.2) is 0 Å². The fourth-order valence-electron chi connectivity index (χ4n) is 2.40. The number of para-hydroxylation sites is 1. The molecule has 0 fully saturated rings. The number of rotatable bonds is 4. The number of nitrogens with one attached hydrogen (secondary N) is 1. The first-order valence-corrected chi connectivity index (χ1v) is 7.34. The van der Waals surface area contributed by atoms with Crippen LogP contribution < -0.4 is 10.2 Å². The molecule has 1 aliphatic rings. The van der Waals surface area contributed by atoms with E-state index in [1.54, 1.807) is 4.90 Å². The molecular formula is C17H22N2O2. The molecule has 4 heteroatoms. The molecule has 112 valence electrons. The van der Waals surface area contributed by atoms with Crippen molar-refractivity contribution in [1.82, 2.24) is 5.32 Å². The Labute approximate surface area is 125 Å². The van der Waals surface area contributed by atoms with Crippen molar-refractivity contribution in [2.24, 2.45) is 5.92 Å². The van der Waals surface area contributed by atoms with E-state index >= 15 is 0 Å². The molecule has 0 unspecified atom stereocenters. The monoisotopic (exact) mass is 286 g/mol. The summed E-state index contributed by atoms with van der Waals surface area (Å²) in [5.41, 5.74) is 2.18. The number of carbonyl (C=O) groups is 2. The summed E-state index contributed by atoms with van der Waals surface area (Å²) in [6, 6.07) is 7.65. The van der Waals surface area contributed by atoms with Gasteiger partial charge in [0, 0.05) is 24.2 Å². The van der Waals surface area contributed by atoms with Crippen LogP contribution in [0.5, 0.6) is 0 Å². The molecular weight excluding hydrogens is 264 g/mol. The molecule has 1 aromatic rings. The topological polar surface area (TPSA) is 49.4 Å². The van der Waals surface area contributed by atoms with Crippen LogP contribution in [0, 0.1) is 5.92 Å². The van der Waals surface area contributed by atoms with Crippen molar-refractivity contribution in [1.29, 1.82) is 0 Å². The predicted molar refractivity (Wildman–Crippen MR) is 84.9 cm³/mol. The first-order valence-electron chi connectivity index (χ1n) is 7.34. The van der Waals surface area contributed by atoms with Crippen molar-refractivity contribution < 1.29 is 9.59 Å². The summed E-state index contributed by atoms with van der Waals surface area (Å²) in [4.78, 5) is 26.3. The summed E-state index contributed by atoms with van der Waals surface area (Å²) in [6.45, 7) is 8.60. The molecule has 4 nitrogen and oxygen atoms in total. The second-order valence-electron chi connectivity index (χ2n) is 5.98. The number of hydrogen-bond acceptors (Lipinski definition) is 2. The lowest BCUT2D eigenvalue weighted by Gasteiger charge is -2.21. The Morgan fingerprint density at radius 2 is 1.90 bits per heavy atom. The zero-order valence-electron chi connectivity index (χ0n) is 13.0. The zero-order valence-corrected chi connectivity index (χ0v) is 13.0. The fourth-order valence-corrected chi connectivity index (χ4v) is 2.40. The van der Waals surface area contributed by atoms with Gasteiger partial charge in [-0.15, -0.1) is 0 Å². The summed E-state index contributed by atoms with van der Waals surface area (Å²) in [7, 11) is 0. The van der Waals surface area contributed by atoms with Gasteiger partial charge >= 0.3 is 0 Å². The highest BCUT2D eigenvalue weighted by Gasteiger charge is 2.33. The Bertz CT molecular complexity index is 588. The minimum absolute atomic E-state index is 0.0586. The smallest absolute Gasteiger partial charge is 0.259 e. The van der Waals surface area contributed by atoms with Gasteiger partial charge in [-0.2, -0.15) is 0 Å². The molecule has 0 aliphatic carbocycles. The molecule has 0 atom stereocenters. The zero-order chi connectivity index (χ0) is 15.6. The van der Waals surface area contributed by atoms with Gasteiger partial charge in [-0.1, -0.05) is 32.0 Å². The third-order valence-electron chi connectivity index (χ3n) is 3.38. The Morgan fingerprint density at radius 3 is 2.52 bits per heavy atom. The van der Waals surface area contributed by atoms with Crippen molar-refractivity contribution in [3.05, 3.63) is 35.9 Å². The molecule has 1 N–H and O–H groups in total. The Balaban J connectivity index is 2.32. The number of fused-ring (bicyclic) bond motifs is 1. The van der Waals surface area contributed by atoms with Crippen LogP contribution >= 0.6 is 0 Å². The molecule has 0 saturated carbocycles. The van der Waals surface area contributed by atoms with Gasteiger partial charge in [0.1, 0.15) is 0 Å². The third-order valence-corrected chi connectivity index (χ3v) is 3.38. The first kappa shape index (κ1) is 15.3. The van der Waals surface area contributed by atoms with E-state index in [1.807, 2.05) is 52.0 Å². The van der Waals surface area contributed by atoms with Gasteiger partial charge in [-0.25, -0.2) is 0 Å². The molecule has 0 aromatic heterocycles. The second kappa shape index (κ2) is 6.12. The van der Waals surface area contributed by atoms with Crippen LogP contribution in [0.4, 0.5) is 5.69 Å². The maximum Gasteiger partial charge on any atom is 0.259 e. The maximum absolute atomic E-state index is 12.6. The van der Waals surface area contributed by atoms with Crippen LogP contribution in [0.15, 0.2) is 30.3 Å². The minimum atomic E-state index is -0.215. The molecule has 1 aliphatic heterocycles. The highest BCUT2D eigenvalue weighted by Crippen LogP contribution is 2.37. The van der Waals surface area contributed by atoms with Crippen molar-refractivity contribution in [2.75, 3.05) is 11.4 Å². The summed E-state index contributed by atoms with van der Waals surface area (Å²) < 4.78 is 0. The lowest BCUT2D eigenvalue weighted by Crippen LogP contribution is -2.33. The molecule has 0 bridgehead atoms. The lowest BCUT2D eigenvalue weighted by molar-refractivity contribution is -0.117. The molecule has 1 aromatic carbocycles. The van der Waals surface area contributed by atoms with Crippen LogP contribution in [-0.4, -0.2) is 24.4 Å². The average Bonchev–Trinajstić information content (AvgIpc) is 2.69. The van der Waals surface area contributed by atoms with E-state index in [2.05, 4.69) is 5.32 Å². The van der Waals surface area contributed by atoms with Crippen LogP contribution in [0.1, 0.15) is 33.3 Å². The van der Waals surface area contributed by atoms with Crippen LogP contribution in [-0.2, 0) is 9.59 Å². The molecule has 2 amide bonds. The van der Waals surface area contributed by atoms with Crippen LogP contribution in [0.25, 0.3) is 5.57 Å². The van der Waals surface area contributed by atoms with Crippen molar-refractivity contribution in [3.8, 4) is 0 Å². The molecule has 0 saturated heterocycles. The third kappa shape index (κ3) is 3.15. The number of nitrogens with zero attached hydrogens (tertiary/aromatic N) is 1. The summed E-state index contributed by atoms with van der Waals surface area (Å²) >= 11 is 0. The SMILES string of the molecule is CC(C)CNC(=O)/C=C1\C(=O)N(C(C)C)c2ccccc21. The standard InChI is InChI=1S/C17H22N2O2/c1-11(2)10-18-16(20)9-14-13-7-5-6-8-15(13)19(12(3)4)17(14)21/h5-9,11-12H,10H2,1-4H3,(H,18,20)/b14-9-. The van der Waals surface area contributed by atoms with Crippen LogP contribution in [0.3, 0.4) is 0 Å². The van der Waals surface area contributed by atoms with E-state index in [9.17, 15) is 9.59 Å². The second-order valence-corrected chi connectivity index (χ2v) is 5.98. The van der Waals surface area contributed by atoms with E-state index in [0.29, 0.717) is 18.0 Å². The molecule has 1 heterocycles. The maximum atomic E-state index is 12.6. The molecule has 0 spiro atoms. The molecule has 0 radical (unpaired) electrons. The van der Waals surface area contributed by atoms with Gasteiger partial charge in [-0.3, -0.25) is 9.59 Å². The Hall–Kier alpha value is -2.10. The van der Waals surface area contributed by atoms with Gasteiger partial charge in [0.25, 0.3) is 5.91 Å². The number of carbonyl (C=O) groups excluding carboxylic acids is 2.